The second kappa shape index (κ2) is 8.84. The van der Waals surface area contributed by atoms with E-state index < -0.39 is 0 Å². The molecule has 5 rings (SSSR count). The van der Waals surface area contributed by atoms with Crippen LogP contribution >= 0.6 is 0 Å². The van der Waals surface area contributed by atoms with E-state index in [-0.39, 0.29) is 0 Å². The van der Waals surface area contributed by atoms with Gasteiger partial charge in [-0.05, 0) is 43.3 Å². The maximum Gasteiger partial charge on any atom is 0.173 e. The largest absolute Gasteiger partial charge is 0.393 e. The summed E-state index contributed by atoms with van der Waals surface area (Å²) in [4.78, 5) is 13.5. The number of hydrogen-bond donors (Lipinski definition) is 3. The Labute approximate surface area is 191 Å². The number of anilines is 6. The van der Waals surface area contributed by atoms with E-state index >= 15 is 0 Å². The number of fused-ring (bicyclic) bond motifs is 1. The number of nitrogens with two attached hydrogens (primary N) is 1. The van der Waals surface area contributed by atoms with Gasteiger partial charge in [0.05, 0.1) is 22.6 Å². The Morgan fingerprint density at radius 3 is 2.09 bits per heavy atom. The van der Waals surface area contributed by atoms with Crippen molar-refractivity contribution in [2.75, 3.05) is 21.5 Å². The van der Waals surface area contributed by atoms with Gasteiger partial charge in [0.1, 0.15) is 12.0 Å². The van der Waals surface area contributed by atoms with E-state index in [0.717, 1.165) is 33.7 Å². The van der Waals surface area contributed by atoms with Crippen molar-refractivity contribution in [1.29, 1.82) is 0 Å². The molecule has 5 aromatic rings. The van der Waals surface area contributed by atoms with Gasteiger partial charge in [-0.15, -0.1) is 0 Å². The first-order valence-electron chi connectivity index (χ1n) is 10.6. The van der Waals surface area contributed by atoms with Crippen LogP contribution in [0.1, 0.15) is 5.69 Å². The average molecular weight is 434 g/mol. The Morgan fingerprint density at radius 2 is 1.39 bits per heavy atom. The maximum atomic E-state index is 6.51. The summed E-state index contributed by atoms with van der Waals surface area (Å²) < 4.78 is 0. The summed E-state index contributed by atoms with van der Waals surface area (Å²) in [5, 5.41) is 6.31. The topological polar surface area (TPSA) is 92.0 Å². The summed E-state index contributed by atoms with van der Waals surface area (Å²) in [7, 11) is 0. The molecule has 2 aromatic heterocycles. The Hall–Kier alpha value is -4.65. The number of para-hydroxylation sites is 3. The van der Waals surface area contributed by atoms with Gasteiger partial charge >= 0.3 is 0 Å². The van der Waals surface area contributed by atoms with E-state index in [0.29, 0.717) is 17.3 Å². The summed E-state index contributed by atoms with van der Waals surface area (Å²) in [6, 6.07) is 30.0. The fourth-order valence-electron chi connectivity index (χ4n) is 3.60. The number of benzene rings is 3. The minimum absolute atomic E-state index is 0.402. The highest BCUT2D eigenvalue weighted by molar-refractivity contribution is 5.93. The van der Waals surface area contributed by atoms with Crippen molar-refractivity contribution < 1.29 is 0 Å². The maximum absolute atomic E-state index is 6.51. The van der Waals surface area contributed by atoms with Crippen molar-refractivity contribution in [3.63, 3.8) is 0 Å². The number of nitrogens with one attached hydrogen (secondary N) is 2. The molecule has 7 heteroatoms. The van der Waals surface area contributed by atoms with Crippen LogP contribution < -0.4 is 21.5 Å². The lowest BCUT2D eigenvalue weighted by atomic mass is 10.1. The number of nitrogen functional groups attached to an aromatic ring is 1. The smallest absolute Gasteiger partial charge is 0.173 e. The standard InChI is InChI=1S/C26H23N7/c1-18-15-16-19-9-8-14-22(24(19)30-18)31-25-23(27)26(29-17-28-25)32-33(20-10-4-2-5-11-20)21-12-6-3-7-13-21/h2-17H,27H2,1H3,(H2,28,29,31,32). The number of aryl methyl sites for hydroxylation is 1. The van der Waals surface area contributed by atoms with Crippen molar-refractivity contribution >= 4 is 45.3 Å². The predicted molar refractivity (Wildman–Crippen MR) is 135 cm³/mol. The molecule has 0 aliphatic rings. The zero-order valence-electron chi connectivity index (χ0n) is 18.1. The van der Waals surface area contributed by atoms with Crippen LogP contribution in [0.15, 0.2) is 97.3 Å². The van der Waals surface area contributed by atoms with E-state index in [9.17, 15) is 0 Å². The van der Waals surface area contributed by atoms with Crippen molar-refractivity contribution in [3.8, 4) is 0 Å². The average Bonchev–Trinajstić information content (AvgIpc) is 2.86. The van der Waals surface area contributed by atoms with Gasteiger partial charge in [0.25, 0.3) is 0 Å². The first kappa shape index (κ1) is 20.3. The molecule has 0 aliphatic heterocycles. The third-order valence-corrected chi connectivity index (χ3v) is 5.24. The van der Waals surface area contributed by atoms with Crippen LogP contribution in [0.4, 0.5) is 34.4 Å². The highest BCUT2D eigenvalue weighted by Gasteiger charge is 2.15. The Bertz CT molecular complexity index is 1350. The molecule has 2 heterocycles. The molecule has 0 bridgehead atoms. The lowest BCUT2D eigenvalue weighted by molar-refractivity contribution is 1.09. The second-order valence-corrected chi connectivity index (χ2v) is 7.56. The first-order chi connectivity index (χ1) is 16.2. The van der Waals surface area contributed by atoms with Crippen LogP contribution in [-0.4, -0.2) is 15.0 Å². The molecule has 0 amide bonds. The molecule has 7 nitrogen and oxygen atoms in total. The molecular formula is C26H23N7. The Morgan fingerprint density at radius 1 is 0.727 bits per heavy atom. The van der Waals surface area contributed by atoms with E-state index in [2.05, 4.69) is 31.8 Å². The van der Waals surface area contributed by atoms with Gasteiger partial charge in [-0.3, -0.25) is 15.4 Å². The number of hydrogen-bond acceptors (Lipinski definition) is 7. The van der Waals surface area contributed by atoms with Crippen molar-refractivity contribution in [2.45, 2.75) is 6.92 Å². The fraction of sp³-hybridized carbons (Fsp3) is 0.0385. The van der Waals surface area contributed by atoms with Crippen LogP contribution in [0.5, 0.6) is 0 Å². The number of aromatic nitrogens is 3. The van der Waals surface area contributed by atoms with Crippen molar-refractivity contribution in [1.82, 2.24) is 15.0 Å². The molecular weight excluding hydrogens is 410 g/mol. The van der Waals surface area contributed by atoms with Crippen LogP contribution in [-0.2, 0) is 0 Å². The molecule has 0 saturated carbocycles. The minimum atomic E-state index is 0.402. The highest BCUT2D eigenvalue weighted by Crippen LogP contribution is 2.32. The second-order valence-electron chi connectivity index (χ2n) is 7.56. The molecule has 4 N–H and O–H groups in total. The zero-order valence-corrected chi connectivity index (χ0v) is 18.1. The van der Waals surface area contributed by atoms with E-state index in [4.69, 9.17) is 5.73 Å². The first-order valence-corrected chi connectivity index (χ1v) is 10.6. The van der Waals surface area contributed by atoms with Crippen LogP contribution in [0.2, 0.25) is 0 Å². The Balaban J connectivity index is 1.50. The van der Waals surface area contributed by atoms with Gasteiger partial charge in [0.15, 0.2) is 11.6 Å². The van der Waals surface area contributed by atoms with Crippen molar-refractivity contribution in [3.05, 3.63) is 103 Å². The van der Waals surface area contributed by atoms with E-state index in [1.165, 1.54) is 6.33 Å². The molecule has 162 valence electrons. The van der Waals surface area contributed by atoms with Crippen LogP contribution in [0, 0.1) is 6.92 Å². The summed E-state index contributed by atoms with van der Waals surface area (Å²) in [6.07, 6.45) is 1.49. The number of pyridine rings is 1. The molecule has 0 radical (unpaired) electrons. The van der Waals surface area contributed by atoms with Gasteiger partial charge in [0, 0.05) is 11.1 Å². The van der Waals surface area contributed by atoms with Gasteiger partial charge < -0.3 is 11.1 Å². The van der Waals surface area contributed by atoms with E-state index in [1.54, 1.807) is 0 Å². The molecule has 0 unspecified atom stereocenters. The number of nitrogens with zero attached hydrogens (tertiary/aromatic N) is 4. The number of rotatable bonds is 6. The van der Waals surface area contributed by atoms with Crippen LogP contribution in [0.3, 0.4) is 0 Å². The molecule has 0 spiro atoms. The quantitative estimate of drug-likeness (QED) is 0.290. The molecule has 0 saturated heterocycles. The Kier molecular flexibility index (Phi) is 5.43. The number of hydrazine groups is 1. The monoisotopic (exact) mass is 433 g/mol. The predicted octanol–water partition coefficient (Wildman–Crippen LogP) is 5.82. The minimum Gasteiger partial charge on any atom is -0.393 e. The fourth-order valence-corrected chi connectivity index (χ4v) is 3.60. The molecule has 0 aliphatic carbocycles. The third kappa shape index (κ3) is 4.24. The molecule has 33 heavy (non-hydrogen) atoms. The van der Waals surface area contributed by atoms with Gasteiger partial charge in [-0.1, -0.05) is 54.6 Å². The van der Waals surface area contributed by atoms with Crippen molar-refractivity contribution in [2.24, 2.45) is 0 Å². The summed E-state index contributed by atoms with van der Waals surface area (Å²) in [5.74, 6) is 0.994. The summed E-state index contributed by atoms with van der Waals surface area (Å²) in [5.41, 5.74) is 14.8. The SMILES string of the molecule is Cc1ccc2cccc(Nc3ncnc(NN(c4ccccc4)c4ccccc4)c3N)c2n1. The zero-order chi connectivity index (χ0) is 22.6. The van der Waals surface area contributed by atoms with Gasteiger partial charge in [0.2, 0.25) is 0 Å². The summed E-state index contributed by atoms with van der Waals surface area (Å²) >= 11 is 0. The molecule has 3 aromatic carbocycles. The molecule has 0 atom stereocenters. The molecule has 0 fully saturated rings. The highest BCUT2D eigenvalue weighted by atomic mass is 15.5. The van der Waals surface area contributed by atoms with Gasteiger partial charge in [-0.25, -0.2) is 9.97 Å². The normalized spacial score (nSPS) is 10.7. The van der Waals surface area contributed by atoms with E-state index in [1.807, 2.05) is 96.9 Å². The lowest BCUT2D eigenvalue weighted by Crippen LogP contribution is -2.26. The third-order valence-electron chi connectivity index (χ3n) is 5.24. The summed E-state index contributed by atoms with van der Waals surface area (Å²) in [6.45, 7) is 1.97. The lowest BCUT2D eigenvalue weighted by Gasteiger charge is -2.26. The van der Waals surface area contributed by atoms with Gasteiger partial charge in [-0.2, -0.15) is 0 Å². The van der Waals surface area contributed by atoms with Crippen LogP contribution in [0.25, 0.3) is 10.9 Å².